The van der Waals surface area contributed by atoms with Gasteiger partial charge >= 0.3 is 0 Å². The van der Waals surface area contributed by atoms with Crippen molar-refractivity contribution in [1.82, 2.24) is 10.2 Å². The van der Waals surface area contributed by atoms with E-state index in [0.29, 0.717) is 18.0 Å². The second kappa shape index (κ2) is 16.5. The number of amides is 2. The first-order valence-electron chi connectivity index (χ1n) is 15.6. The number of nitrogens with one attached hydrogen (secondary N) is 1. The van der Waals surface area contributed by atoms with Gasteiger partial charge in [-0.1, -0.05) is 58.4 Å². The summed E-state index contributed by atoms with van der Waals surface area (Å²) in [4.78, 5) is 31.2. The van der Waals surface area contributed by atoms with E-state index in [2.05, 4.69) is 21.2 Å². The van der Waals surface area contributed by atoms with Crippen LogP contribution < -0.4 is 14.4 Å². The van der Waals surface area contributed by atoms with Crippen molar-refractivity contribution in [2.24, 2.45) is 0 Å². The van der Waals surface area contributed by atoms with Gasteiger partial charge < -0.3 is 15.0 Å². The molecule has 4 aromatic rings. The lowest BCUT2D eigenvalue weighted by Gasteiger charge is -2.35. The fraction of sp³-hybridized carbons (Fsp3) is 0.297. The Kier molecular flexibility index (Phi) is 12.8. The minimum atomic E-state index is -4.22. The number of halogens is 1. The Morgan fingerprint density at radius 1 is 0.896 bits per heavy atom. The van der Waals surface area contributed by atoms with Crippen LogP contribution in [0.25, 0.3) is 0 Å². The number of hydrogen-bond donors (Lipinski definition) is 1. The van der Waals surface area contributed by atoms with E-state index in [0.717, 1.165) is 24.8 Å². The third-order valence-electron chi connectivity index (χ3n) is 7.37. The molecule has 0 saturated heterocycles. The maximum Gasteiger partial charge on any atom is 0.264 e. The minimum Gasteiger partial charge on any atom is -0.494 e. The van der Waals surface area contributed by atoms with Crippen molar-refractivity contribution in [3.63, 3.8) is 0 Å². The van der Waals surface area contributed by atoms with Gasteiger partial charge in [-0.2, -0.15) is 0 Å². The van der Waals surface area contributed by atoms with Gasteiger partial charge in [0.05, 0.1) is 17.2 Å². The molecule has 4 rings (SSSR count). The third-order valence-corrected chi connectivity index (χ3v) is 10.4. The predicted octanol–water partition coefficient (Wildman–Crippen LogP) is 7.32. The standard InChI is InChI=1S/C37H42BrN3O5S2/c1-6-46-31-17-15-30(16-18-31)41(48(44,45)33-21-19-32(47-5)20-22-33)26-35(42)40(25-28-13-10-14-29(38)23-28)34(36(43)39-37(2,3)4)24-27-11-8-7-9-12-27/h7-23,34H,6,24-26H2,1-5H3,(H,39,43). The van der Waals surface area contributed by atoms with Crippen molar-refractivity contribution in [3.8, 4) is 5.75 Å². The second-order valence-corrected chi connectivity index (χ2v) is 15.9. The van der Waals surface area contributed by atoms with Gasteiger partial charge in [-0.25, -0.2) is 8.42 Å². The first-order chi connectivity index (χ1) is 22.8. The van der Waals surface area contributed by atoms with E-state index >= 15 is 0 Å². The highest BCUT2D eigenvalue weighted by molar-refractivity contribution is 9.10. The molecule has 0 radical (unpaired) electrons. The molecule has 2 amide bonds. The van der Waals surface area contributed by atoms with E-state index in [1.54, 1.807) is 48.5 Å². The summed E-state index contributed by atoms with van der Waals surface area (Å²) in [5.74, 6) is -0.289. The Labute approximate surface area is 297 Å². The van der Waals surface area contributed by atoms with Gasteiger partial charge in [0.15, 0.2) is 0 Å². The lowest BCUT2D eigenvalue weighted by molar-refractivity contribution is -0.140. The number of carbonyl (C=O) groups is 2. The summed E-state index contributed by atoms with van der Waals surface area (Å²) >= 11 is 5.02. The number of benzene rings is 4. The van der Waals surface area contributed by atoms with Crippen molar-refractivity contribution in [3.05, 3.63) is 119 Å². The van der Waals surface area contributed by atoms with E-state index in [9.17, 15) is 18.0 Å². The third kappa shape index (κ3) is 10.1. The SMILES string of the molecule is CCOc1ccc(N(CC(=O)N(Cc2cccc(Br)c2)C(Cc2ccccc2)C(=O)NC(C)(C)C)S(=O)(=O)c2ccc(SC)cc2)cc1. The number of nitrogens with zero attached hydrogens (tertiary/aromatic N) is 2. The first kappa shape index (κ1) is 37.0. The largest absolute Gasteiger partial charge is 0.494 e. The number of anilines is 1. The van der Waals surface area contributed by atoms with E-state index in [4.69, 9.17) is 4.74 Å². The summed E-state index contributed by atoms with van der Waals surface area (Å²) in [5.41, 5.74) is 1.37. The van der Waals surface area contributed by atoms with Crippen LogP contribution in [0.2, 0.25) is 0 Å². The zero-order valence-electron chi connectivity index (χ0n) is 27.9. The van der Waals surface area contributed by atoms with Crippen molar-refractivity contribution in [1.29, 1.82) is 0 Å². The van der Waals surface area contributed by atoms with Crippen LogP contribution in [0.15, 0.2) is 117 Å². The Morgan fingerprint density at radius 3 is 2.12 bits per heavy atom. The summed E-state index contributed by atoms with van der Waals surface area (Å²) in [6, 6.07) is 29.2. The summed E-state index contributed by atoms with van der Waals surface area (Å²) in [7, 11) is -4.22. The Balaban J connectivity index is 1.82. The van der Waals surface area contributed by atoms with E-state index in [1.807, 2.05) is 88.5 Å². The highest BCUT2D eigenvalue weighted by atomic mass is 79.9. The van der Waals surface area contributed by atoms with E-state index < -0.39 is 34.1 Å². The van der Waals surface area contributed by atoms with Gasteiger partial charge in [0.25, 0.3) is 10.0 Å². The van der Waals surface area contributed by atoms with Gasteiger partial charge in [0.1, 0.15) is 18.3 Å². The van der Waals surface area contributed by atoms with Crippen LogP contribution >= 0.6 is 27.7 Å². The second-order valence-electron chi connectivity index (χ2n) is 12.2. The smallest absolute Gasteiger partial charge is 0.264 e. The zero-order chi connectivity index (χ0) is 34.9. The van der Waals surface area contributed by atoms with Crippen LogP contribution in [0, 0.1) is 0 Å². The average molecular weight is 753 g/mol. The lowest BCUT2D eigenvalue weighted by atomic mass is 10.0. The number of hydrogen-bond acceptors (Lipinski definition) is 6. The summed E-state index contributed by atoms with van der Waals surface area (Å²) < 4.78 is 36.2. The quantitative estimate of drug-likeness (QED) is 0.136. The Bertz CT molecular complexity index is 1780. The number of rotatable bonds is 14. The predicted molar refractivity (Wildman–Crippen MR) is 197 cm³/mol. The van der Waals surface area contributed by atoms with E-state index in [1.165, 1.54) is 16.7 Å². The van der Waals surface area contributed by atoms with Gasteiger partial charge in [0.2, 0.25) is 11.8 Å². The average Bonchev–Trinajstić information content (AvgIpc) is 3.05. The Hall–Kier alpha value is -3.80. The molecule has 0 aliphatic rings. The van der Waals surface area contributed by atoms with Crippen LogP contribution in [0.4, 0.5) is 5.69 Å². The molecule has 4 aromatic carbocycles. The number of carbonyl (C=O) groups excluding carboxylic acids is 2. The maximum atomic E-state index is 14.7. The molecule has 0 aromatic heterocycles. The molecule has 1 atom stereocenters. The summed E-state index contributed by atoms with van der Waals surface area (Å²) in [6.45, 7) is 7.50. The molecule has 254 valence electrons. The summed E-state index contributed by atoms with van der Waals surface area (Å²) in [5, 5.41) is 3.05. The molecule has 0 spiro atoms. The van der Waals surface area contributed by atoms with Crippen molar-refractivity contribution in [2.75, 3.05) is 23.7 Å². The normalized spacial score (nSPS) is 12.2. The molecule has 0 aliphatic heterocycles. The molecule has 1 unspecified atom stereocenters. The number of ether oxygens (including phenoxy) is 1. The molecule has 8 nitrogen and oxygen atoms in total. The maximum absolute atomic E-state index is 14.7. The van der Waals surface area contributed by atoms with Crippen LogP contribution in [-0.2, 0) is 32.6 Å². The summed E-state index contributed by atoms with van der Waals surface area (Å²) in [6.07, 6.45) is 2.14. The molecular formula is C37H42BrN3O5S2. The molecule has 0 saturated carbocycles. The van der Waals surface area contributed by atoms with Crippen molar-refractivity contribution >= 4 is 55.2 Å². The van der Waals surface area contributed by atoms with Gasteiger partial charge in [-0.05, 0) is 106 Å². The molecule has 11 heteroatoms. The molecule has 1 N–H and O–H groups in total. The fourth-order valence-corrected chi connectivity index (χ4v) is 7.39. The van der Waals surface area contributed by atoms with Crippen molar-refractivity contribution < 1.29 is 22.7 Å². The van der Waals surface area contributed by atoms with Crippen LogP contribution in [0.1, 0.15) is 38.8 Å². The molecule has 0 heterocycles. The highest BCUT2D eigenvalue weighted by Crippen LogP contribution is 2.28. The fourth-order valence-electron chi connectivity index (χ4n) is 5.12. The molecular weight excluding hydrogens is 710 g/mol. The monoisotopic (exact) mass is 751 g/mol. The van der Waals surface area contributed by atoms with Crippen LogP contribution in [0.3, 0.4) is 0 Å². The van der Waals surface area contributed by atoms with Gasteiger partial charge in [-0.15, -0.1) is 11.8 Å². The minimum absolute atomic E-state index is 0.0480. The van der Waals surface area contributed by atoms with Crippen LogP contribution in [-0.4, -0.2) is 56.1 Å². The van der Waals surface area contributed by atoms with Crippen molar-refractivity contribution in [2.45, 2.75) is 62.0 Å². The molecule has 48 heavy (non-hydrogen) atoms. The highest BCUT2D eigenvalue weighted by Gasteiger charge is 2.35. The van der Waals surface area contributed by atoms with Crippen LogP contribution in [0.5, 0.6) is 5.75 Å². The lowest BCUT2D eigenvalue weighted by Crippen LogP contribution is -2.56. The molecule has 0 aliphatic carbocycles. The first-order valence-corrected chi connectivity index (χ1v) is 19.1. The number of sulfonamides is 1. The molecule has 0 bridgehead atoms. The van der Waals surface area contributed by atoms with Gasteiger partial charge in [0, 0.05) is 27.9 Å². The Morgan fingerprint density at radius 2 is 1.54 bits per heavy atom. The van der Waals surface area contributed by atoms with Gasteiger partial charge in [-0.3, -0.25) is 13.9 Å². The molecule has 0 fully saturated rings. The number of thioether (sulfide) groups is 1. The zero-order valence-corrected chi connectivity index (χ0v) is 31.1. The van der Waals surface area contributed by atoms with E-state index in [-0.39, 0.29) is 23.8 Å². The topological polar surface area (TPSA) is 96.0 Å².